The maximum Gasteiger partial charge on any atom is 0.244 e. The number of nitrogens with zero attached hydrogens (tertiary/aromatic N) is 1. The molecule has 1 aromatic rings. The van der Waals surface area contributed by atoms with Crippen LogP contribution in [0.3, 0.4) is 0 Å². The first kappa shape index (κ1) is 13.0. The maximum atomic E-state index is 12.1. The molecule has 0 aromatic carbocycles. The van der Waals surface area contributed by atoms with E-state index in [1.807, 2.05) is 13.8 Å². The quantitative estimate of drug-likeness (QED) is 0.786. The third-order valence-corrected chi connectivity index (χ3v) is 5.80. The van der Waals surface area contributed by atoms with E-state index in [1.54, 1.807) is 18.5 Å². The summed E-state index contributed by atoms with van der Waals surface area (Å²) in [6.45, 7) is 3.68. The normalized spacial score (nSPS) is 12.7. The summed E-state index contributed by atoms with van der Waals surface area (Å²) in [6, 6.07) is 1.55. The summed E-state index contributed by atoms with van der Waals surface area (Å²) >= 11 is 7.06. The van der Waals surface area contributed by atoms with Crippen molar-refractivity contribution >= 4 is 33.0 Å². The van der Waals surface area contributed by atoms with Crippen molar-refractivity contribution in [2.45, 2.75) is 30.7 Å². The molecule has 0 N–H and O–H groups in total. The first-order valence-electron chi connectivity index (χ1n) is 4.51. The van der Waals surface area contributed by atoms with Crippen molar-refractivity contribution in [2.75, 3.05) is 7.05 Å². The molecule has 0 saturated heterocycles. The molecule has 1 aromatic heterocycles. The van der Waals surface area contributed by atoms with Crippen LogP contribution in [0.15, 0.2) is 16.3 Å². The van der Waals surface area contributed by atoms with Crippen LogP contribution in [-0.2, 0) is 15.9 Å². The van der Waals surface area contributed by atoms with Gasteiger partial charge in [0, 0.05) is 18.0 Å². The fraction of sp³-hybridized carbons (Fsp3) is 0.556. The van der Waals surface area contributed by atoms with Gasteiger partial charge in [-0.2, -0.15) is 4.31 Å². The first-order chi connectivity index (χ1) is 6.91. The Kier molecular flexibility index (Phi) is 4.17. The molecule has 1 heterocycles. The molecule has 86 valence electrons. The maximum absolute atomic E-state index is 12.1. The molecule has 0 radical (unpaired) electrons. The lowest BCUT2D eigenvalue weighted by molar-refractivity contribution is 0.410. The summed E-state index contributed by atoms with van der Waals surface area (Å²) in [5.41, 5.74) is 0. The van der Waals surface area contributed by atoms with Crippen LogP contribution in [0.25, 0.3) is 0 Å². The number of halogens is 1. The highest BCUT2D eigenvalue weighted by atomic mass is 35.5. The van der Waals surface area contributed by atoms with E-state index in [0.717, 1.165) is 0 Å². The average molecular weight is 268 g/mol. The van der Waals surface area contributed by atoms with Gasteiger partial charge >= 0.3 is 0 Å². The Morgan fingerprint density at radius 2 is 2.13 bits per heavy atom. The summed E-state index contributed by atoms with van der Waals surface area (Å²) in [7, 11) is -1.80. The van der Waals surface area contributed by atoms with Gasteiger partial charge in [-0.3, -0.25) is 0 Å². The van der Waals surface area contributed by atoms with Crippen LogP contribution in [0.5, 0.6) is 0 Å². The van der Waals surface area contributed by atoms with Crippen LogP contribution in [0, 0.1) is 0 Å². The van der Waals surface area contributed by atoms with Crippen LogP contribution < -0.4 is 0 Å². The molecule has 0 saturated carbocycles. The van der Waals surface area contributed by atoms with Crippen LogP contribution >= 0.6 is 22.9 Å². The molecule has 0 aliphatic heterocycles. The molecule has 6 heteroatoms. The summed E-state index contributed by atoms with van der Waals surface area (Å²) in [6.07, 6.45) is 0. The first-order valence-corrected chi connectivity index (χ1v) is 7.37. The highest BCUT2D eigenvalue weighted by Crippen LogP contribution is 2.26. The molecule has 0 aliphatic carbocycles. The minimum Gasteiger partial charge on any atom is -0.207 e. The van der Waals surface area contributed by atoms with Crippen molar-refractivity contribution < 1.29 is 8.42 Å². The summed E-state index contributed by atoms with van der Waals surface area (Å²) in [5.74, 6) is 0.234. The van der Waals surface area contributed by atoms with Gasteiger partial charge in [0.15, 0.2) is 0 Å². The van der Waals surface area contributed by atoms with Gasteiger partial charge in [0.1, 0.15) is 0 Å². The number of alkyl halides is 1. The molecule has 0 aliphatic rings. The van der Waals surface area contributed by atoms with Gasteiger partial charge in [-0.05, 0) is 25.3 Å². The number of hydrogen-bond donors (Lipinski definition) is 0. The van der Waals surface area contributed by atoms with Crippen molar-refractivity contribution in [3.05, 3.63) is 16.3 Å². The van der Waals surface area contributed by atoms with Gasteiger partial charge in [0.25, 0.3) is 0 Å². The van der Waals surface area contributed by atoms with E-state index in [1.165, 1.54) is 15.6 Å². The van der Waals surface area contributed by atoms with E-state index in [2.05, 4.69) is 0 Å². The molecule has 0 bridgehead atoms. The second-order valence-electron chi connectivity index (χ2n) is 3.46. The van der Waals surface area contributed by atoms with Gasteiger partial charge in [0.05, 0.1) is 10.8 Å². The Bertz CT molecular complexity index is 425. The third kappa shape index (κ3) is 2.53. The summed E-state index contributed by atoms with van der Waals surface area (Å²) in [4.78, 5) is 1.03. The summed E-state index contributed by atoms with van der Waals surface area (Å²) in [5, 5.41) is 1.75. The van der Waals surface area contributed by atoms with E-state index in [9.17, 15) is 8.42 Å². The van der Waals surface area contributed by atoms with Gasteiger partial charge in [0.2, 0.25) is 10.0 Å². The molecule has 0 amide bonds. The minimum absolute atomic E-state index is 0.0573. The molecule has 1 rings (SSSR count). The highest BCUT2D eigenvalue weighted by Gasteiger charge is 2.26. The smallest absolute Gasteiger partial charge is 0.207 e. The lowest BCUT2D eigenvalue weighted by Gasteiger charge is -2.20. The van der Waals surface area contributed by atoms with E-state index in [-0.39, 0.29) is 11.9 Å². The zero-order chi connectivity index (χ0) is 11.6. The third-order valence-electron chi connectivity index (χ3n) is 2.21. The second-order valence-corrected chi connectivity index (χ2v) is 6.69. The fourth-order valence-corrected chi connectivity index (χ4v) is 4.13. The molecule has 0 fully saturated rings. The standard InChI is InChI=1S/C9H14ClNO2S2/c1-7(2)11(3)15(12,13)9-4-5-14-8(9)6-10/h4-5,7H,6H2,1-3H3. The molecule has 0 unspecified atom stereocenters. The van der Waals surface area contributed by atoms with Gasteiger partial charge in [-0.25, -0.2) is 8.42 Å². The van der Waals surface area contributed by atoms with E-state index in [4.69, 9.17) is 11.6 Å². The minimum atomic E-state index is -3.38. The predicted octanol–water partition coefficient (Wildman–Crippen LogP) is 2.52. The Morgan fingerprint density at radius 3 is 2.60 bits per heavy atom. The van der Waals surface area contributed by atoms with Crippen molar-refractivity contribution in [1.29, 1.82) is 0 Å². The topological polar surface area (TPSA) is 37.4 Å². The fourth-order valence-electron chi connectivity index (χ4n) is 1.09. The largest absolute Gasteiger partial charge is 0.244 e. The molecule has 15 heavy (non-hydrogen) atoms. The van der Waals surface area contributed by atoms with Gasteiger partial charge < -0.3 is 0 Å². The molecular formula is C9H14ClNO2S2. The van der Waals surface area contributed by atoms with E-state index >= 15 is 0 Å². The van der Waals surface area contributed by atoms with Crippen LogP contribution in [0.1, 0.15) is 18.7 Å². The van der Waals surface area contributed by atoms with Gasteiger partial charge in [-0.15, -0.1) is 22.9 Å². The molecular weight excluding hydrogens is 254 g/mol. The van der Waals surface area contributed by atoms with Crippen molar-refractivity contribution in [3.8, 4) is 0 Å². The van der Waals surface area contributed by atoms with Crippen molar-refractivity contribution in [1.82, 2.24) is 4.31 Å². The number of hydrogen-bond acceptors (Lipinski definition) is 3. The number of rotatable bonds is 4. The molecule has 0 spiro atoms. The van der Waals surface area contributed by atoms with Crippen LogP contribution in [0.2, 0.25) is 0 Å². The molecule has 0 atom stereocenters. The SMILES string of the molecule is CC(C)N(C)S(=O)(=O)c1ccsc1CCl. The lowest BCUT2D eigenvalue weighted by atomic mass is 10.4. The summed E-state index contributed by atoms with van der Waals surface area (Å²) < 4.78 is 25.5. The second kappa shape index (κ2) is 4.82. The zero-order valence-corrected chi connectivity index (χ0v) is 11.3. The molecule has 3 nitrogen and oxygen atoms in total. The Balaban J connectivity index is 3.17. The number of sulfonamides is 1. The van der Waals surface area contributed by atoms with E-state index < -0.39 is 10.0 Å². The van der Waals surface area contributed by atoms with Gasteiger partial charge in [-0.1, -0.05) is 0 Å². The predicted molar refractivity (Wildman–Crippen MR) is 64.0 cm³/mol. The lowest BCUT2D eigenvalue weighted by Crippen LogP contribution is -2.33. The number of thiophene rings is 1. The Morgan fingerprint density at radius 1 is 1.53 bits per heavy atom. The Hall–Kier alpha value is -0.100. The average Bonchev–Trinajstić information content (AvgIpc) is 2.64. The van der Waals surface area contributed by atoms with E-state index in [0.29, 0.717) is 9.77 Å². The van der Waals surface area contributed by atoms with Crippen molar-refractivity contribution in [3.63, 3.8) is 0 Å². The zero-order valence-electron chi connectivity index (χ0n) is 8.90. The van der Waals surface area contributed by atoms with Crippen LogP contribution in [0.4, 0.5) is 0 Å². The van der Waals surface area contributed by atoms with Crippen LogP contribution in [-0.4, -0.2) is 25.8 Å². The monoisotopic (exact) mass is 267 g/mol. The highest BCUT2D eigenvalue weighted by molar-refractivity contribution is 7.89. The Labute approximate surface area is 99.7 Å². The van der Waals surface area contributed by atoms with Crippen molar-refractivity contribution in [2.24, 2.45) is 0 Å².